The van der Waals surface area contributed by atoms with Crippen LogP contribution in [0.25, 0.3) is 21.9 Å². The topological polar surface area (TPSA) is 49.7 Å². The van der Waals surface area contributed by atoms with Crippen LogP contribution in [0.2, 0.25) is 0 Å². The molecule has 0 aliphatic heterocycles. The van der Waals surface area contributed by atoms with Crippen LogP contribution >= 0.6 is 0 Å². The van der Waals surface area contributed by atoms with E-state index in [0.717, 1.165) is 11.1 Å². The van der Waals surface area contributed by atoms with Crippen LogP contribution in [0.5, 0.6) is 17.2 Å². The summed E-state index contributed by atoms with van der Waals surface area (Å²) in [6, 6.07) is 16.8. The molecule has 3 aromatic carbocycles. The third-order valence-corrected chi connectivity index (χ3v) is 3.46. The van der Waals surface area contributed by atoms with Gasteiger partial charge in [-0.3, -0.25) is 0 Å². The maximum atomic E-state index is 10.4. The van der Waals surface area contributed by atoms with E-state index in [9.17, 15) is 10.2 Å². The van der Waals surface area contributed by atoms with Gasteiger partial charge in [-0.05, 0) is 18.1 Å². The second-order valence-electron chi connectivity index (χ2n) is 4.77. The molecule has 0 atom stereocenters. The lowest BCUT2D eigenvalue weighted by molar-refractivity contribution is 0.318. The van der Waals surface area contributed by atoms with Crippen molar-refractivity contribution in [2.45, 2.75) is 6.92 Å². The fraction of sp³-hybridized carbons (Fsp3) is 0.111. The van der Waals surface area contributed by atoms with Gasteiger partial charge in [0.05, 0.1) is 6.61 Å². The molecule has 0 bridgehead atoms. The van der Waals surface area contributed by atoms with E-state index in [1.165, 1.54) is 6.07 Å². The highest BCUT2D eigenvalue weighted by atomic mass is 16.5. The Morgan fingerprint density at radius 3 is 2.43 bits per heavy atom. The van der Waals surface area contributed by atoms with Gasteiger partial charge < -0.3 is 14.9 Å². The summed E-state index contributed by atoms with van der Waals surface area (Å²) in [6.45, 7) is 2.26. The molecule has 0 heterocycles. The first-order valence-corrected chi connectivity index (χ1v) is 6.88. The number of aromatic hydroxyl groups is 2. The average Bonchev–Trinajstić information content (AvgIpc) is 2.53. The van der Waals surface area contributed by atoms with Crippen molar-refractivity contribution in [3.05, 3.63) is 54.6 Å². The van der Waals surface area contributed by atoms with Crippen LogP contribution in [0.1, 0.15) is 6.92 Å². The normalized spacial score (nSPS) is 10.7. The molecule has 0 saturated carbocycles. The Bertz CT molecular complexity index is 779. The van der Waals surface area contributed by atoms with Crippen molar-refractivity contribution in [3.63, 3.8) is 0 Å². The fourth-order valence-corrected chi connectivity index (χ4v) is 2.55. The predicted octanol–water partition coefficient (Wildman–Crippen LogP) is 4.32. The summed E-state index contributed by atoms with van der Waals surface area (Å²) in [5.74, 6) is 0.459. The van der Waals surface area contributed by atoms with Crippen LogP contribution in [0, 0.1) is 0 Å². The van der Waals surface area contributed by atoms with E-state index in [-0.39, 0.29) is 11.5 Å². The Morgan fingerprint density at radius 1 is 0.952 bits per heavy atom. The smallest absolute Gasteiger partial charge is 0.165 e. The summed E-state index contributed by atoms with van der Waals surface area (Å²) in [7, 11) is 0. The standard InChI is InChI=1S/C18H16O3/c1-2-21-16-11-15(19)17-13(12-7-4-3-5-8-12)9-6-10-14(17)18(16)20/h3-11,19-20H,2H2,1H3. The van der Waals surface area contributed by atoms with Crippen molar-refractivity contribution in [1.29, 1.82) is 0 Å². The van der Waals surface area contributed by atoms with Gasteiger partial charge >= 0.3 is 0 Å². The van der Waals surface area contributed by atoms with Crippen molar-refractivity contribution >= 4 is 10.8 Å². The summed E-state index contributed by atoms with van der Waals surface area (Å²) in [6.07, 6.45) is 0. The molecule has 3 heteroatoms. The van der Waals surface area contributed by atoms with Crippen molar-refractivity contribution in [2.24, 2.45) is 0 Å². The Kier molecular flexibility index (Phi) is 3.40. The van der Waals surface area contributed by atoms with Gasteiger partial charge in [0.25, 0.3) is 0 Å². The molecular formula is C18H16O3. The third-order valence-electron chi connectivity index (χ3n) is 3.46. The molecule has 0 fully saturated rings. The number of phenols is 2. The SMILES string of the molecule is CCOc1cc(O)c2c(-c3ccccc3)cccc2c1O. The van der Waals surface area contributed by atoms with E-state index in [0.29, 0.717) is 23.1 Å². The molecule has 0 aliphatic carbocycles. The van der Waals surface area contributed by atoms with Gasteiger partial charge in [-0.15, -0.1) is 0 Å². The molecule has 0 spiro atoms. The molecule has 106 valence electrons. The van der Waals surface area contributed by atoms with E-state index >= 15 is 0 Å². The quantitative estimate of drug-likeness (QED) is 0.703. The Labute approximate surface area is 123 Å². The van der Waals surface area contributed by atoms with Crippen LogP contribution < -0.4 is 4.74 Å². The van der Waals surface area contributed by atoms with Gasteiger partial charge in [-0.25, -0.2) is 0 Å². The average molecular weight is 280 g/mol. The minimum Gasteiger partial charge on any atom is -0.507 e. The maximum absolute atomic E-state index is 10.4. The highest BCUT2D eigenvalue weighted by molar-refractivity contribution is 6.04. The van der Waals surface area contributed by atoms with Crippen molar-refractivity contribution in [2.75, 3.05) is 6.61 Å². The van der Waals surface area contributed by atoms with Crippen molar-refractivity contribution < 1.29 is 14.9 Å². The molecule has 0 amide bonds. The van der Waals surface area contributed by atoms with E-state index in [4.69, 9.17) is 4.74 Å². The van der Waals surface area contributed by atoms with Crippen LogP contribution in [0.4, 0.5) is 0 Å². The minimum atomic E-state index is 0.0578. The molecule has 0 unspecified atom stereocenters. The predicted molar refractivity (Wildman–Crippen MR) is 83.9 cm³/mol. The Morgan fingerprint density at radius 2 is 1.71 bits per heavy atom. The summed E-state index contributed by atoms with van der Waals surface area (Å²) in [5, 5.41) is 21.9. The molecule has 21 heavy (non-hydrogen) atoms. The molecule has 0 aromatic heterocycles. The first-order chi connectivity index (χ1) is 10.2. The first-order valence-electron chi connectivity index (χ1n) is 6.88. The van der Waals surface area contributed by atoms with Gasteiger partial charge in [0, 0.05) is 16.8 Å². The summed E-state index contributed by atoms with van der Waals surface area (Å²) >= 11 is 0. The van der Waals surface area contributed by atoms with Gasteiger partial charge in [-0.1, -0.05) is 48.5 Å². The van der Waals surface area contributed by atoms with Gasteiger partial charge in [0.1, 0.15) is 5.75 Å². The fourth-order valence-electron chi connectivity index (χ4n) is 2.55. The highest BCUT2D eigenvalue weighted by Crippen LogP contribution is 2.44. The van der Waals surface area contributed by atoms with Crippen LogP contribution in [-0.4, -0.2) is 16.8 Å². The molecule has 3 aromatic rings. The van der Waals surface area contributed by atoms with E-state index in [1.807, 2.05) is 49.4 Å². The Hall–Kier alpha value is -2.68. The molecule has 0 saturated heterocycles. The zero-order valence-corrected chi connectivity index (χ0v) is 11.7. The highest BCUT2D eigenvalue weighted by Gasteiger charge is 2.15. The zero-order valence-electron chi connectivity index (χ0n) is 11.7. The number of fused-ring (bicyclic) bond motifs is 1. The molecule has 3 nitrogen and oxygen atoms in total. The van der Waals surface area contributed by atoms with Crippen molar-refractivity contribution in [1.82, 2.24) is 0 Å². The number of rotatable bonds is 3. The number of phenolic OH excluding ortho intramolecular Hbond substituents is 2. The lowest BCUT2D eigenvalue weighted by Gasteiger charge is -2.13. The maximum Gasteiger partial charge on any atom is 0.165 e. The van der Waals surface area contributed by atoms with E-state index < -0.39 is 0 Å². The molecule has 3 rings (SSSR count). The van der Waals surface area contributed by atoms with Crippen LogP contribution in [0.15, 0.2) is 54.6 Å². The lowest BCUT2D eigenvalue weighted by Crippen LogP contribution is -1.93. The van der Waals surface area contributed by atoms with E-state index in [2.05, 4.69) is 0 Å². The third kappa shape index (κ3) is 2.27. The van der Waals surface area contributed by atoms with Gasteiger partial charge in [0.2, 0.25) is 0 Å². The number of hydrogen-bond donors (Lipinski definition) is 2. The summed E-state index contributed by atoms with van der Waals surface area (Å²) < 4.78 is 5.36. The summed E-state index contributed by atoms with van der Waals surface area (Å²) in [4.78, 5) is 0. The lowest BCUT2D eigenvalue weighted by atomic mass is 9.97. The largest absolute Gasteiger partial charge is 0.507 e. The zero-order chi connectivity index (χ0) is 14.8. The molecule has 2 N–H and O–H groups in total. The number of hydrogen-bond acceptors (Lipinski definition) is 3. The Balaban J connectivity index is 2.32. The van der Waals surface area contributed by atoms with Crippen molar-refractivity contribution in [3.8, 4) is 28.4 Å². The first kappa shape index (κ1) is 13.3. The monoisotopic (exact) mass is 280 g/mol. The second kappa shape index (κ2) is 5.37. The van der Waals surface area contributed by atoms with Gasteiger partial charge in [-0.2, -0.15) is 0 Å². The molecule has 0 aliphatic rings. The minimum absolute atomic E-state index is 0.0578. The molecular weight excluding hydrogens is 264 g/mol. The van der Waals surface area contributed by atoms with Crippen LogP contribution in [0.3, 0.4) is 0 Å². The van der Waals surface area contributed by atoms with Crippen LogP contribution in [-0.2, 0) is 0 Å². The summed E-state index contributed by atoms with van der Waals surface area (Å²) in [5.41, 5.74) is 1.87. The number of ether oxygens (including phenoxy) is 1. The molecule has 0 radical (unpaired) electrons. The van der Waals surface area contributed by atoms with E-state index in [1.54, 1.807) is 6.07 Å². The second-order valence-corrected chi connectivity index (χ2v) is 4.77. The van der Waals surface area contributed by atoms with Gasteiger partial charge in [0.15, 0.2) is 11.5 Å². The number of benzene rings is 3.